The van der Waals surface area contributed by atoms with Gasteiger partial charge >= 0.3 is 0 Å². The van der Waals surface area contributed by atoms with Crippen molar-refractivity contribution < 1.29 is 4.79 Å². The molecule has 0 saturated heterocycles. The molecule has 3 fully saturated rings. The minimum Gasteiger partial charge on any atom is -0.338 e. The van der Waals surface area contributed by atoms with Crippen molar-refractivity contribution >= 4 is 5.91 Å². The van der Waals surface area contributed by atoms with Crippen molar-refractivity contribution in [3.05, 3.63) is 0 Å². The summed E-state index contributed by atoms with van der Waals surface area (Å²) in [5, 5.41) is 0. The zero-order chi connectivity index (χ0) is 11.9. The van der Waals surface area contributed by atoms with Crippen molar-refractivity contribution in [3.63, 3.8) is 0 Å². The second-order valence-electron chi connectivity index (χ2n) is 6.35. The van der Waals surface area contributed by atoms with Crippen molar-refractivity contribution in [1.29, 1.82) is 0 Å². The predicted octanol–water partition coefficient (Wildman–Crippen LogP) is 2.05. The molecular weight excluding hydrogens is 212 g/mol. The summed E-state index contributed by atoms with van der Waals surface area (Å²) in [6, 6.07) is 0.533. The van der Waals surface area contributed by atoms with E-state index in [2.05, 4.69) is 4.90 Å². The molecule has 3 aliphatic rings. The molecule has 0 aromatic rings. The van der Waals surface area contributed by atoms with Gasteiger partial charge in [-0.2, -0.15) is 0 Å². The number of carbonyl (C=O) groups is 1. The van der Waals surface area contributed by atoms with Crippen LogP contribution in [0.25, 0.3) is 0 Å². The van der Waals surface area contributed by atoms with Gasteiger partial charge in [-0.1, -0.05) is 19.3 Å². The Morgan fingerprint density at radius 3 is 2.29 bits per heavy atom. The normalized spacial score (nSPS) is 27.8. The predicted molar refractivity (Wildman–Crippen MR) is 67.5 cm³/mol. The first-order valence-electron chi connectivity index (χ1n) is 7.29. The number of rotatable bonds is 4. The van der Waals surface area contributed by atoms with Gasteiger partial charge in [-0.25, -0.2) is 0 Å². The molecule has 0 heterocycles. The highest BCUT2D eigenvalue weighted by Crippen LogP contribution is 2.39. The second kappa shape index (κ2) is 4.27. The molecule has 3 saturated carbocycles. The van der Waals surface area contributed by atoms with Gasteiger partial charge in [0.15, 0.2) is 0 Å². The Labute approximate surface area is 104 Å². The van der Waals surface area contributed by atoms with Crippen LogP contribution >= 0.6 is 0 Å². The monoisotopic (exact) mass is 236 g/mol. The Hall–Kier alpha value is -0.570. The molecule has 0 spiro atoms. The van der Waals surface area contributed by atoms with E-state index >= 15 is 0 Å². The van der Waals surface area contributed by atoms with Gasteiger partial charge in [0.05, 0.1) is 5.54 Å². The molecule has 2 N–H and O–H groups in total. The van der Waals surface area contributed by atoms with Crippen molar-refractivity contribution in [1.82, 2.24) is 4.90 Å². The van der Waals surface area contributed by atoms with E-state index in [0.29, 0.717) is 6.04 Å². The van der Waals surface area contributed by atoms with Crippen molar-refractivity contribution in [2.24, 2.45) is 11.7 Å². The molecule has 3 aliphatic carbocycles. The van der Waals surface area contributed by atoms with E-state index in [1.54, 1.807) is 0 Å². The molecule has 17 heavy (non-hydrogen) atoms. The smallest absolute Gasteiger partial charge is 0.242 e. The summed E-state index contributed by atoms with van der Waals surface area (Å²) < 4.78 is 0. The molecule has 0 aromatic carbocycles. The van der Waals surface area contributed by atoms with Crippen LogP contribution in [0.2, 0.25) is 0 Å². The molecule has 0 aliphatic heterocycles. The summed E-state index contributed by atoms with van der Waals surface area (Å²) in [6.45, 7) is 0.989. The Balaban J connectivity index is 1.61. The van der Waals surface area contributed by atoms with E-state index in [0.717, 1.165) is 25.3 Å². The average molecular weight is 236 g/mol. The molecule has 0 atom stereocenters. The van der Waals surface area contributed by atoms with Crippen LogP contribution in [0.4, 0.5) is 0 Å². The van der Waals surface area contributed by atoms with Crippen LogP contribution in [0, 0.1) is 5.92 Å². The summed E-state index contributed by atoms with van der Waals surface area (Å²) in [5.74, 6) is 1.00. The quantitative estimate of drug-likeness (QED) is 0.812. The molecule has 0 unspecified atom stereocenters. The molecule has 0 aromatic heterocycles. The van der Waals surface area contributed by atoms with Gasteiger partial charge in [0.2, 0.25) is 5.91 Å². The first kappa shape index (κ1) is 11.5. The number of nitrogens with two attached hydrogens (primary N) is 1. The van der Waals surface area contributed by atoms with Gasteiger partial charge in [0.25, 0.3) is 0 Å². The number of carbonyl (C=O) groups excluding carboxylic acids is 1. The number of amides is 1. The third-order valence-electron chi connectivity index (χ3n) is 4.64. The van der Waals surface area contributed by atoms with Gasteiger partial charge in [0.1, 0.15) is 0 Å². The largest absolute Gasteiger partial charge is 0.338 e. The zero-order valence-corrected chi connectivity index (χ0v) is 10.7. The number of hydrogen-bond acceptors (Lipinski definition) is 2. The molecular formula is C14H24N2O. The Morgan fingerprint density at radius 1 is 1.12 bits per heavy atom. The minimum atomic E-state index is -0.461. The Bertz CT molecular complexity index is 301. The van der Waals surface area contributed by atoms with Crippen LogP contribution in [0.1, 0.15) is 57.8 Å². The summed E-state index contributed by atoms with van der Waals surface area (Å²) in [4.78, 5) is 14.5. The standard InChI is InChI=1S/C14H24N2O/c15-14(8-9-14)13(17)16(12-6-7-12)10-11-4-2-1-3-5-11/h11-12H,1-10,15H2. The summed E-state index contributed by atoms with van der Waals surface area (Å²) in [5.41, 5.74) is 5.61. The fourth-order valence-corrected chi connectivity index (χ4v) is 3.07. The van der Waals surface area contributed by atoms with E-state index in [1.165, 1.54) is 44.9 Å². The van der Waals surface area contributed by atoms with Crippen molar-refractivity contribution in [2.75, 3.05) is 6.54 Å². The second-order valence-corrected chi connectivity index (χ2v) is 6.35. The number of hydrogen-bond donors (Lipinski definition) is 1. The van der Waals surface area contributed by atoms with Crippen LogP contribution in [0.15, 0.2) is 0 Å². The van der Waals surface area contributed by atoms with Crippen molar-refractivity contribution in [2.45, 2.75) is 69.4 Å². The average Bonchev–Trinajstić information content (AvgIpc) is 3.22. The van der Waals surface area contributed by atoms with E-state index in [1.807, 2.05) is 0 Å². The first-order chi connectivity index (χ1) is 8.19. The maximum atomic E-state index is 12.4. The molecule has 96 valence electrons. The van der Waals surface area contributed by atoms with E-state index in [9.17, 15) is 4.79 Å². The molecule has 3 nitrogen and oxygen atoms in total. The summed E-state index contributed by atoms with van der Waals surface area (Å²) in [7, 11) is 0. The highest BCUT2D eigenvalue weighted by molar-refractivity contribution is 5.89. The lowest BCUT2D eigenvalue weighted by Gasteiger charge is -2.31. The number of nitrogens with zero attached hydrogens (tertiary/aromatic N) is 1. The lowest BCUT2D eigenvalue weighted by atomic mass is 9.88. The lowest BCUT2D eigenvalue weighted by Crippen LogP contribution is -2.48. The highest BCUT2D eigenvalue weighted by Gasteiger charge is 2.50. The van der Waals surface area contributed by atoms with Gasteiger partial charge in [-0.3, -0.25) is 4.79 Å². The summed E-state index contributed by atoms with van der Waals surface area (Å²) in [6.07, 6.45) is 10.9. The zero-order valence-electron chi connectivity index (χ0n) is 10.7. The maximum Gasteiger partial charge on any atom is 0.242 e. The van der Waals surface area contributed by atoms with Crippen LogP contribution in [-0.4, -0.2) is 28.9 Å². The molecule has 0 bridgehead atoms. The van der Waals surface area contributed by atoms with Gasteiger partial charge in [-0.05, 0) is 44.4 Å². The fraction of sp³-hybridized carbons (Fsp3) is 0.929. The first-order valence-corrected chi connectivity index (χ1v) is 7.29. The topological polar surface area (TPSA) is 46.3 Å². The lowest BCUT2D eigenvalue weighted by molar-refractivity contribution is -0.135. The molecule has 0 radical (unpaired) electrons. The Morgan fingerprint density at radius 2 is 1.76 bits per heavy atom. The van der Waals surface area contributed by atoms with Crippen LogP contribution < -0.4 is 5.73 Å². The van der Waals surface area contributed by atoms with E-state index in [-0.39, 0.29) is 5.91 Å². The molecule has 3 rings (SSSR count). The van der Waals surface area contributed by atoms with Gasteiger partial charge in [-0.15, -0.1) is 0 Å². The molecule has 1 amide bonds. The van der Waals surface area contributed by atoms with Crippen molar-refractivity contribution in [3.8, 4) is 0 Å². The SMILES string of the molecule is NC1(C(=O)N(CC2CCCCC2)C2CC2)CC1. The highest BCUT2D eigenvalue weighted by atomic mass is 16.2. The molecule has 3 heteroatoms. The van der Waals surface area contributed by atoms with Gasteiger partial charge < -0.3 is 10.6 Å². The van der Waals surface area contributed by atoms with Crippen LogP contribution in [0.3, 0.4) is 0 Å². The maximum absolute atomic E-state index is 12.4. The fourth-order valence-electron chi connectivity index (χ4n) is 3.07. The van der Waals surface area contributed by atoms with Crippen LogP contribution in [0.5, 0.6) is 0 Å². The Kier molecular flexibility index (Phi) is 2.89. The van der Waals surface area contributed by atoms with Crippen LogP contribution in [-0.2, 0) is 4.79 Å². The minimum absolute atomic E-state index is 0.255. The van der Waals surface area contributed by atoms with E-state index in [4.69, 9.17) is 5.73 Å². The third-order valence-corrected chi connectivity index (χ3v) is 4.64. The summed E-state index contributed by atoms with van der Waals surface area (Å²) >= 11 is 0. The third kappa shape index (κ3) is 2.49. The van der Waals surface area contributed by atoms with E-state index < -0.39 is 5.54 Å². The van der Waals surface area contributed by atoms with Gasteiger partial charge in [0, 0.05) is 12.6 Å².